The first kappa shape index (κ1) is 26.8. The van der Waals surface area contributed by atoms with Crippen molar-refractivity contribution >= 4 is 33.7 Å². The van der Waals surface area contributed by atoms with E-state index in [0.717, 1.165) is 11.3 Å². The van der Waals surface area contributed by atoms with Gasteiger partial charge >= 0.3 is 12.2 Å². The minimum atomic E-state index is -0.648. The van der Waals surface area contributed by atoms with Gasteiger partial charge in [-0.05, 0) is 81.2 Å². The number of H-pyrrole nitrogens is 1. The van der Waals surface area contributed by atoms with Crippen LogP contribution in [0.1, 0.15) is 85.8 Å². The fraction of sp³-hybridized carbons (Fsp3) is 0.577. The second kappa shape index (κ2) is 8.97. The second-order valence-electron chi connectivity index (χ2n) is 12.0. The molecule has 0 radical (unpaired) electrons. The lowest BCUT2D eigenvalue weighted by atomic mass is 10.0. The smallest absolute Gasteiger partial charge is 0.435 e. The van der Waals surface area contributed by atoms with Gasteiger partial charge in [0.05, 0.1) is 17.3 Å². The maximum atomic E-state index is 13.1. The van der Waals surface area contributed by atoms with Crippen LogP contribution in [0.25, 0.3) is 20.7 Å². The van der Waals surface area contributed by atoms with Gasteiger partial charge in [-0.15, -0.1) is 11.3 Å². The molecule has 1 N–H and O–H groups in total. The Morgan fingerprint density at radius 1 is 1.11 bits per heavy atom. The summed E-state index contributed by atoms with van der Waals surface area (Å²) in [5.41, 5.74) is -0.151. The van der Waals surface area contributed by atoms with Crippen molar-refractivity contribution in [1.29, 1.82) is 0 Å². The summed E-state index contributed by atoms with van der Waals surface area (Å²) in [6, 6.07) is 1.40. The predicted molar refractivity (Wildman–Crippen MR) is 142 cm³/mol. The number of fused-ring (bicyclic) bond motifs is 1. The molecule has 0 aliphatic carbocycles. The summed E-state index contributed by atoms with van der Waals surface area (Å²) in [6.45, 7) is 16.6. The summed E-state index contributed by atoms with van der Waals surface area (Å²) < 4.78 is 12.7. The highest BCUT2D eigenvalue weighted by Crippen LogP contribution is 2.42. The Morgan fingerprint density at radius 3 is 2.35 bits per heavy atom. The molecular weight excluding hydrogens is 494 g/mol. The summed E-state index contributed by atoms with van der Waals surface area (Å²) >= 11 is 1.28. The fourth-order valence-corrected chi connectivity index (χ4v) is 5.51. The van der Waals surface area contributed by atoms with Crippen LogP contribution in [-0.2, 0) is 9.47 Å². The predicted octanol–water partition coefficient (Wildman–Crippen LogP) is 5.79. The van der Waals surface area contributed by atoms with Crippen LogP contribution >= 0.6 is 11.3 Å². The molecule has 0 aromatic carbocycles. The molecule has 1 atom stereocenters. The number of carbonyl (C=O) groups is 2. The molecule has 1 aliphatic heterocycles. The number of likely N-dealkylation sites (tertiary alicyclic amines) is 1. The Balaban J connectivity index is 1.70. The number of rotatable bonds is 2. The lowest BCUT2D eigenvalue weighted by molar-refractivity contribution is 0.00264. The zero-order valence-corrected chi connectivity index (χ0v) is 23.7. The van der Waals surface area contributed by atoms with Crippen molar-refractivity contribution in [3.05, 3.63) is 34.1 Å². The number of aryl methyl sites for hydroxylation is 1. The van der Waals surface area contributed by atoms with Gasteiger partial charge in [-0.3, -0.25) is 9.69 Å². The molecule has 3 aromatic rings. The van der Waals surface area contributed by atoms with Crippen molar-refractivity contribution in [2.24, 2.45) is 0 Å². The van der Waals surface area contributed by atoms with Crippen molar-refractivity contribution in [1.82, 2.24) is 24.6 Å². The number of amides is 1. The zero-order chi connectivity index (χ0) is 27.5. The largest absolute Gasteiger partial charge is 0.444 e. The minimum absolute atomic E-state index is 0.276. The maximum Gasteiger partial charge on any atom is 0.435 e. The Bertz CT molecular complexity index is 1420. The summed E-state index contributed by atoms with van der Waals surface area (Å²) in [6.07, 6.45) is 1.99. The van der Waals surface area contributed by atoms with E-state index in [1.165, 1.54) is 16.0 Å². The number of ether oxygens (including phenoxy) is 2. The molecule has 1 aliphatic rings. The molecule has 1 amide bonds. The minimum Gasteiger partial charge on any atom is -0.444 e. The summed E-state index contributed by atoms with van der Waals surface area (Å²) in [5, 5.41) is 4.30. The molecule has 0 unspecified atom stereocenters. The van der Waals surface area contributed by atoms with E-state index < -0.39 is 35.0 Å². The molecule has 0 bridgehead atoms. The van der Waals surface area contributed by atoms with Gasteiger partial charge in [-0.25, -0.2) is 14.6 Å². The lowest BCUT2D eigenvalue weighted by Gasteiger charge is -2.36. The normalized spacial score (nSPS) is 17.9. The molecule has 3 aromatic heterocycles. The van der Waals surface area contributed by atoms with Gasteiger partial charge in [0.2, 0.25) is 0 Å². The number of thiophene rings is 1. The van der Waals surface area contributed by atoms with Crippen LogP contribution in [0.4, 0.5) is 9.59 Å². The van der Waals surface area contributed by atoms with Crippen molar-refractivity contribution < 1.29 is 19.1 Å². The van der Waals surface area contributed by atoms with Gasteiger partial charge in [0.25, 0.3) is 5.56 Å². The Morgan fingerprint density at radius 2 is 1.73 bits per heavy atom. The summed E-state index contributed by atoms with van der Waals surface area (Å²) in [7, 11) is 0. The number of aromatic nitrogens is 4. The van der Waals surface area contributed by atoms with Crippen LogP contribution in [0.15, 0.2) is 17.1 Å². The Hall–Kier alpha value is -3.21. The van der Waals surface area contributed by atoms with E-state index in [1.54, 1.807) is 38.8 Å². The first-order valence-corrected chi connectivity index (χ1v) is 13.1. The number of nitrogens with zero attached hydrogens (tertiary/aromatic N) is 4. The van der Waals surface area contributed by atoms with Crippen molar-refractivity contribution in [3.8, 4) is 10.4 Å². The molecule has 0 saturated carbocycles. The number of carbonyl (C=O) groups excluding carboxylic acids is 2. The van der Waals surface area contributed by atoms with Crippen LogP contribution in [0, 0.1) is 6.92 Å². The number of hydrogen-bond donors (Lipinski definition) is 1. The van der Waals surface area contributed by atoms with Gasteiger partial charge in [0.1, 0.15) is 21.7 Å². The van der Waals surface area contributed by atoms with Crippen LogP contribution < -0.4 is 5.56 Å². The van der Waals surface area contributed by atoms with Gasteiger partial charge in [0, 0.05) is 22.2 Å². The third kappa shape index (κ3) is 5.56. The third-order valence-corrected chi connectivity index (χ3v) is 7.20. The van der Waals surface area contributed by atoms with E-state index in [-0.39, 0.29) is 5.56 Å². The van der Waals surface area contributed by atoms with Crippen LogP contribution in [0.3, 0.4) is 0 Å². The highest BCUT2D eigenvalue weighted by atomic mass is 32.1. The lowest BCUT2D eigenvalue weighted by Crippen LogP contribution is -2.46. The third-order valence-electron chi connectivity index (χ3n) is 6.05. The maximum absolute atomic E-state index is 13.1. The molecule has 200 valence electrons. The van der Waals surface area contributed by atoms with Crippen molar-refractivity contribution in [2.75, 3.05) is 0 Å². The Labute approximate surface area is 220 Å². The van der Waals surface area contributed by atoms with Crippen LogP contribution in [0.5, 0.6) is 0 Å². The first-order chi connectivity index (χ1) is 16.9. The van der Waals surface area contributed by atoms with E-state index in [4.69, 9.17) is 14.5 Å². The van der Waals surface area contributed by atoms with Crippen molar-refractivity contribution in [2.45, 2.75) is 97.9 Å². The number of hydrogen-bond acceptors (Lipinski definition) is 8. The van der Waals surface area contributed by atoms with Crippen LogP contribution in [0.2, 0.25) is 0 Å². The van der Waals surface area contributed by atoms with E-state index in [1.807, 2.05) is 40.7 Å². The molecule has 1 saturated heterocycles. The van der Waals surface area contributed by atoms with Crippen LogP contribution in [-0.4, -0.2) is 53.6 Å². The van der Waals surface area contributed by atoms with Gasteiger partial charge < -0.3 is 14.5 Å². The topological polar surface area (TPSA) is 119 Å². The SMILES string of the molecule is Cc1nn(C(=O)OC(C)(C)C)cc1-c1cc2nc([C@@H]3CCC(C)(C)N3C(=O)OC(C)(C)C)[nH]c(=O)c2s1. The molecule has 4 heterocycles. The summed E-state index contributed by atoms with van der Waals surface area (Å²) in [5.74, 6) is 0.430. The van der Waals surface area contributed by atoms with Gasteiger partial charge in [0.15, 0.2) is 0 Å². The molecule has 1 fully saturated rings. The fourth-order valence-electron chi connectivity index (χ4n) is 4.46. The molecule has 10 nitrogen and oxygen atoms in total. The quantitative estimate of drug-likeness (QED) is 0.446. The highest BCUT2D eigenvalue weighted by molar-refractivity contribution is 7.22. The zero-order valence-electron chi connectivity index (χ0n) is 22.9. The number of aromatic amines is 1. The van der Waals surface area contributed by atoms with Crippen molar-refractivity contribution in [3.63, 3.8) is 0 Å². The second-order valence-corrected chi connectivity index (χ2v) is 13.1. The molecule has 4 rings (SSSR count). The summed E-state index contributed by atoms with van der Waals surface area (Å²) in [4.78, 5) is 48.8. The number of nitrogens with one attached hydrogen (secondary N) is 1. The highest BCUT2D eigenvalue weighted by Gasteiger charge is 2.46. The molecule has 11 heteroatoms. The van der Waals surface area contributed by atoms with E-state index in [9.17, 15) is 14.4 Å². The average Bonchev–Trinajstić information content (AvgIpc) is 3.39. The first-order valence-electron chi connectivity index (χ1n) is 12.3. The Kier molecular flexibility index (Phi) is 6.51. The standard InChI is InChI=1S/C26H35N5O5S/c1-14-15(13-30(29-14)22(33)35-24(2,3)4)18-12-16-19(37-18)21(32)28-20(27-16)17-10-11-26(8,9)31(17)23(34)36-25(5,6)7/h12-13,17H,10-11H2,1-9H3,(H,27,28,32)/t17-/m0/s1. The van der Waals surface area contributed by atoms with E-state index in [0.29, 0.717) is 33.7 Å². The molecule has 0 spiro atoms. The molecular formula is C26H35N5O5S. The monoisotopic (exact) mass is 529 g/mol. The van der Waals surface area contributed by atoms with Gasteiger partial charge in [-0.1, -0.05) is 0 Å². The molecule has 37 heavy (non-hydrogen) atoms. The van der Waals surface area contributed by atoms with E-state index in [2.05, 4.69) is 10.1 Å². The average molecular weight is 530 g/mol. The van der Waals surface area contributed by atoms with Gasteiger partial charge in [-0.2, -0.15) is 9.78 Å². The van der Waals surface area contributed by atoms with E-state index >= 15 is 0 Å².